The number of halogens is 2. The van der Waals surface area contributed by atoms with Crippen molar-refractivity contribution < 1.29 is 19.5 Å². The fourth-order valence-electron chi connectivity index (χ4n) is 5.05. The lowest BCUT2D eigenvalue weighted by Gasteiger charge is -2.29. The molecule has 2 unspecified atom stereocenters. The van der Waals surface area contributed by atoms with Crippen molar-refractivity contribution >= 4 is 46.2 Å². The minimum atomic E-state index is -0.974. The van der Waals surface area contributed by atoms with Crippen molar-refractivity contribution in [1.82, 2.24) is 10.2 Å². The van der Waals surface area contributed by atoms with Gasteiger partial charge in [-0.1, -0.05) is 46.6 Å². The molecule has 1 saturated heterocycles. The van der Waals surface area contributed by atoms with Gasteiger partial charge < -0.3 is 24.9 Å². The van der Waals surface area contributed by atoms with E-state index in [4.69, 9.17) is 32.8 Å². The van der Waals surface area contributed by atoms with Gasteiger partial charge >= 0.3 is 0 Å². The predicted molar refractivity (Wildman–Crippen MR) is 154 cm³/mol. The van der Waals surface area contributed by atoms with Gasteiger partial charge in [0, 0.05) is 22.5 Å². The van der Waals surface area contributed by atoms with Crippen LogP contribution in [0.1, 0.15) is 48.5 Å². The number of carbonyl (C=O) groups is 1. The zero-order chi connectivity index (χ0) is 26.9. The van der Waals surface area contributed by atoms with Crippen molar-refractivity contribution in [3.63, 3.8) is 0 Å². The maximum absolute atomic E-state index is 13.6. The molecular weight excluding hydrogens is 557 g/mol. The van der Waals surface area contributed by atoms with Gasteiger partial charge in [0.2, 0.25) is 0 Å². The summed E-state index contributed by atoms with van der Waals surface area (Å²) in [5.41, 5.74) is 3.39. The van der Waals surface area contributed by atoms with Crippen molar-refractivity contribution in [2.75, 3.05) is 19.6 Å². The lowest BCUT2D eigenvalue weighted by atomic mass is 9.97. The number of rotatable bonds is 9. The van der Waals surface area contributed by atoms with Crippen LogP contribution in [0.4, 0.5) is 0 Å². The third-order valence-corrected chi connectivity index (χ3v) is 8.85. The molecular formula is C29H29Cl2N3O4S. The number of aliphatic hydroxyl groups is 1. The van der Waals surface area contributed by atoms with E-state index in [2.05, 4.69) is 15.4 Å². The molecule has 1 aromatic heterocycles. The molecule has 2 aromatic carbocycles. The second-order valence-corrected chi connectivity index (χ2v) is 12.4. The van der Waals surface area contributed by atoms with E-state index in [1.54, 1.807) is 12.1 Å². The minimum absolute atomic E-state index is 0.192. The zero-order valence-electron chi connectivity index (χ0n) is 21.2. The molecule has 1 saturated carbocycles. The van der Waals surface area contributed by atoms with Crippen molar-refractivity contribution in [1.29, 1.82) is 0 Å². The molecule has 204 valence electrons. The number of benzene rings is 2. The summed E-state index contributed by atoms with van der Waals surface area (Å²) >= 11 is 14.1. The number of hydrogen-bond donors (Lipinski definition) is 2. The van der Waals surface area contributed by atoms with Gasteiger partial charge in [-0.25, -0.2) is 0 Å². The number of nitrogens with zero attached hydrogens (tertiary/aromatic N) is 2. The summed E-state index contributed by atoms with van der Waals surface area (Å²) in [4.78, 5) is 22.3. The third-order valence-electron chi connectivity index (χ3n) is 7.28. The van der Waals surface area contributed by atoms with E-state index in [0.29, 0.717) is 28.4 Å². The van der Waals surface area contributed by atoms with E-state index in [1.807, 2.05) is 36.4 Å². The van der Waals surface area contributed by atoms with Crippen molar-refractivity contribution in [2.24, 2.45) is 5.16 Å². The SMILES string of the molecule is O=C(NC(CN1CCCC1)C(O)c1ccc(OC2CC2)c(Cl)c1)C1=NOCc2cc(-c3ccc(Cl)s3)ccc21. The quantitative estimate of drug-likeness (QED) is 0.331. The predicted octanol–water partition coefficient (Wildman–Crippen LogP) is 5.81. The highest BCUT2D eigenvalue weighted by atomic mass is 35.5. The molecule has 3 aliphatic rings. The number of hydrogen-bond acceptors (Lipinski definition) is 7. The number of aliphatic hydroxyl groups excluding tert-OH is 1. The normalized spacial score (nSPS) is 18.6. The van der Waals surface area contributed by atoms with Gasteiger partial charge in [0.05, 0.1) is 21.5 Å². The highest BCUT2D eigenvalue weighted by Crippen LogP contribution is 2.35. The first-order valence-electron chi connectivity index (χ1n) is 13.2. The van der Waals surface area contributed by atoms with E-state index in [0.717, 1.165) is 59.1 Å². The van der Waals surface area contributed by atoms with Crippen LogP contribution in [0, 0.1) is 0 Å². The number of ether oxygens (including phenoxy) is 1. The number of oxime groups is 1. The van der Waals surface area contributed by atoms with Gasteiger partial charge in [-0.3, -0.25) is 4.79 Å². The summed E-state index contributed by atoms with van der Waals surface area (Å²) in [6.07, 6.45) is 3.51. The molecule has 39 heavy (non-hydrogen) atoms. The molecule has 2 N–H and O–H groups in total. The summed E-state index contributed by atoms with van der Waals surface area (Å²) in [6.45, 7) is 2.63. The van der Waals surface area contributed by atoms with Crippen LogP contribution in [0.25, 0.3) is 10.4 Å². The number of nitrogens with one attached hydrogen (secondary N) is 1. The van der Waals surface area contributed by atoms with Crippen LogP contribution >= 0.6 is 34.5 Å². The van der Waals surface area contributed by atoms with Gasteiger partial charge in [-0.15, -0.1) is 11.3 Å². The molecule has 7 nitrogen and oxygen atoms in total. The van der Waals surface area contributed by atoms with Gasteiger partial charge in [0.25, 0.3) is 5.91 Å². The first-order chi connectivity index (χ1) is 18.9. The standard InChI is InChI=1S/C29H29Cl2N3O4S/c30-22-14-18(4-8-24(22)38-20-5-6-20)28(35)23(15-34-11-1-2-12-34)32-29(36)27-21-7-3-17(13-19(21)16-37-33-27)25-9-10-26(31)39-25/h3-4,7-10,13-14,20,23,28,35H,1-2,5-6,11-12,15-16H2,(H,32,36). The number of carbonyl (C=O) groups excluding carboxylic acids is 1. The average molecular weight is 587 g/mol. The Bertz CT molecular complexity index is 1400. The van der Waals surface area contributed by atoms with E-state index in [-0.39, 0.29) is 18.4 Å². The largest absolute Gasteiger partial charge is 0.489 e. The molecule has 0 spiro atoms. The van der Waals surface area contributed by atoms with Gasteiger partial charge in [0.15, 0.2) is 5.71 Å². The lowest BCUT2D eigenvalue weighted by Crippen LogP contribution is -2.49. The van der Waals surface area contributed by atoms with Crippen LogP contribution in [-0.2, 0) is 16.2 Å². The number of likely N-dealkylation sites (tertiary alicyclic amines) is 1. The molecule has 0 radical (unpaired) electrons. The Morgan fingerprint density at radius 2 is 1.97 bits per heavy atom. The van der Waals surface area contributed by atoms with Crippen LogP contribution in [-0.4, -0.2) is 53.4 Å². The first kappa shape index (κ1) is 26.6. The minimum Gasteiger partial charge on any atom is -0.489 e. The zero-order valence-corrected chi connectivity index (χ0v) is 23.6. The third kappa shape index (κ3) is 6.10. The molecule has 1 amide bonds. The van der Waals surface area contributed by atoms with E-state index in [9.17, 15) is 9.90 Å². The highest BCUT2D eigenvalue weighted by Gasteiger charge is 2.31. The Morgan fingerprint density at radius 1 is 1.15 bits per heavy atom. The van der Waals surface area contributed by atoms with Crippen molar-refractivity contribution in [2.45, 2.75) is 50.5 Å². The molecule has 2 aliphatic heterocycles. The van der Waals surface area contributed by atoms with E-state index >= 15 is 0 Å². The van der Waals surface area contributed by atoms with Crippen molar-refractivity contribution in [3.8, 4) is 16.2 Å². The molecule has 10 heteroatoms. The summed E-state index contributed by atoms with van der Waals surface area (Å²) in [6, 6.07) is 14.4. The van der Waals surface area contributed by atoms with Gasteiger partial charge in [-0.05, 0) is 80.2 Å². The Balaban J connectivity index is 1.22. The Morgan fingerprint density at radius 3 is 2.69 bits per heavy atom. The maximum Gasteiger partial charge on any atom is 0.274 e. The maximum atomic E-state index is 13.6. The molecule has 0 bridgehead atoms. The second-order valence-electron chi connectivity index (χ2n) is 10.2. The first-order valence-corrected chi connectivity index (χ1v) is 14.8. The van der Waals surface area contributed by atoms with E-state index < -0.39 is 18.1 Å². The fraction of sp³-hybridized carbons (Fsp3) is 0.379. The van der Waals surface area contributed by atoms with Gasteiger partial charge in [-0.2, -0.15) is 0 Å². The van der Waals surface area contributed by atoms with Gasteiger partial charge in [0.1, 0.15) is 18.5 Å². The molecule has 3 aromatic rings. The summed E-state index contributed by atoms with van der Waals surface area (Å²) in [5.74, 6) is 0.218. The smallest absolute Gasteiger partial charge is 0.274 e. The Kier molecular flexibility index (Phi) is 7.82. The molecule has 1 aliphatic carbocycles. The number of amides is 1. The summed E-state index contributed by atoms with van der Waals surface area (Å²) in [7, 11) is 0. The Labute approximate surface area is 241 Å². The van der Waals surface area contributed by atoms with Crippen LogP contribution < -0.4 is 10.1 Å². The van der Waals surface area contributed by atoms with E-state index in [1.165, 1.54) is 11.3 Å². The molecule has 2 atom stereocenters. The number of fused-ring (bicyclic) bond motifs is 1. The monoisotopic (exact) mass is 585 g/mol. The summed E-state index contributed by atoms with van der Waals surface area (Å²) in [5, 5.41) is 19.0. The second kappa shape index (κ2) is 11.5. The highest BCUT2D eigenvalue weighted by molar-refractivity contribution is 7.19. The molecule has 3 heterocycles. The summed E-state index contributed by atoms with van der Waals surface area (Å²) < 4.78 is 6.56. The van der Waals surface area contributed by atoms with Crippen LogP contribution in [0.2, 0.25) is 9.36 Å². The fourth-order valence-corrected chi connectivity index (χ4v) is 6.32. The van der Waals surface area contributed by atoms with Crippen LogP contribution in [0.5, 0.6) is 5.75 Å². The molecule has 6 rings (SSSR count). The average Bonchev–Trinajstić information content (AvgIpc) is 3.40. The Hall–Kier alpha value is -2.62. The van der Waals surface area contributed by atoms with Crippen LogP contribution in [0.15, 0.2) is 53.7 Å². The molecule has 2 fully saturated rings. The van der Waals surface area contributed by atoms with Crippen LogP contribution in [0.3, 0.4) is 0 Å². The number of thiophene rings is 1. The lowest BCUT2D eigenvalue weighted by molar-refractivity contribution is -0.116. The van der Waals surface area contributed by atoms with Crippen molar-refractivity contribution in [3.05, 3.63) is 74.6 Å². The topological polar surface area (TPSA) is 83.4 Å².